The van der Waals surface area contributed by atoms with Crippen LogP contribution in [-0.2, 0) is 4.79 Å². The average Bonchev–Trinajstić information content (AvgIpc) is 3.46. The van der Waals surface area contributed by atoms with Gasteiger partial charge in [-0.1, -0.05) is 78.9 Å². The van der Waals surface area contributed by atoms with E-state index in [1.807, 2.05) is 103 Å². The molecule has 4 aromatic carbocycles. The molecule has 0 spiro atoms. The van der Waals surface area contributed by atoms with Crippen LogP contribution in [0.5, 0.6) is 0 Å². The van der Waals surface area contributed by atoms with Gasteiger partial charge in [0.05, 0.1) is 22.7 Å². The highest BCUT2D eigenvalue weighted by atomic mass is 16.2. The molecule has 0 bridgehead atoms. The van der Waals surface area contributed by atoms with Crippen molar-refractivity contribution in [1.29, 1.82) is 0 Å². The molecular weight excluding hydrogens is 432 g/mol. The number of fused-ring (bicyclic) bond motifs is 1. The number of rotatable bonds is 4. The van der Waals surface area contributed by atoms with Crippen LogP contribution >= 0.6 is 0 Å². The fraction of sp³-hybridized carbons (Fsp3) is 0.0333. The maximum absolute atomic E-state index is 13.4. The van der Waals surface area contributed by atoms with E-state index in [1.54, 1.807) is 0 Å². The number of carbonyl (C=O) groups excluding carboxylic acids is 1. The van der Waals surface area contributed by atoms with Crippen LogP contribution in [0.3, 0.4) is 0 Å². The Balaban J connectivity index is 1.51. The van der Waals surface area contributed by atoms with Crippen molar-refractivity contribution in [2.75, 3.05) is 5.01 Å². The molecule has 5 nitrogen and oxygen atoms in total. The molecule has 2 heterocycles. The minimum Gasteiger partial charge on any atom is -0.267 e. The van der Waals surface area contributed by atoms with Crippen LogP contribution in [0.1, 0.15) is 12.5 Å². The molecule has 1 aromatic heterocycles. The molecule has 0 radical (unpaired) electrons. The third-order valence-electron chi connectivity index (χ3n) is 6.17. The summed E-state index contributed by atoms with van der Waals surface area (Å²) >= 11 is 0. The number of hydrazone groups is 1. The first kappa shape index (κ1) is 20.8. The highest BCUT2D eigenvalue weighted by molar-refractivity contribution is 6.32. The standard InChI is InChI=1S/C30H22N4O/c1-21-28(30(35)34(31-21)25-15-6-3-7-16-25)19-23-20-33(24-13-4-2-5-14-24)32-29(23)27-18-10-12-22-11-8-9-17-26(22)27/h2-20H,1H3. The van der Waals surface area contributed by atoms with Crippen molar-refractivity contribution in [3.05, 3.63) is 120 Å². The van der Waals surface area contributed by atoms with Crippen LogP contribution in [0.2, 0.25) is 0 Å². The van der Waals surface area contributed by atoms with Gasteiger partial charge in [0.25, 0.3) is 5.91 Å². The summed E-state index contributed by atoms with van der Waals surface area (Å²) in [5.41, 5.74) is 5.62. The Morgan fingerprint density at radius 2 is 1.40 bits per heavy atom. The number of hydrogen-bond donors (Lipinski definition) is 0. The van der Waals surface area contributed by atoms with Gasteiger partial charge in [0.2, 0.25) is 0 Å². The first-order valence-electron chi connectivity index (χ1n) is 11.5. The van der Waals surface area contributed by atoms with Gasteiger partial charge >= 0.3 is 0 Å². The Bertz CT molecular complexity index is 1610. The van der Waals surface area contributed by atoms with E-state index in [2.05, 4.69) is 29.4 Å². The minimum atomic E-state index is -0.148. The molecule has 1 aliphatic rings. The van der Waals surface area contributed by atoms with Gasteiger partial charge in [-0.15, -0.1) is 0 Å². The number of hydrogen-bond acceptors (Lipinski definition) is 3. The molecule has 0 atom stereocenters. The molecule has 0 saturated carbocycles. The van der Waals surface area contributed by atoms with Crippen molar-refractivity contribution in [2.24, 2.45) is 5.10 Å². The summed E-state index contributed by atoms with van der Waals surface area (Å²) in [6, 6.07) is 34.0. The van der Waals surface area contributed by atoms with Gasteiger partial charge in [-0.05, 0) is 48.0 Å². The van der Waals surface area contributed by atoms with Crippen LogP contribution in [0.4, 0.5) is 5.69 Å². The summed E-state index contributed by atoms with van der Waals surface area (Å²) in [7, 11) is 0. The molecule has 5 aromatic rings. The third-order valence-corrected chi connectivity index (χ3v) is 6.17. The van der Waals surface area contributed by atoms with Crippen LogP contribution in [0.25, 0.3) is 33.8 Å². The maximum atomic E-state index is 13.4. The molecule has 0 fully saturated rings. The van der Waals surface area contributed by atoms with Crippen molar-refractivity contribution >= 4 is 34.2 Å². The predicted molar refractivity (Wildman–Crippen MR) is 142 cm³/mol. The molecule has 0 aliphatic carbocycles. The molecule has 6 rings (SSSR count). The fourth-order valence-corrected chi connectivity index (χ4v) is 4.43. The second-order valence-corrected chi connectivity index (χ2v) is 8.44. The van der Waals surface area contributed by atoms with E-state index >= 15 is 0 Å². The van der Waals surface area contributed by atoms with Crippen molar-refractivity contribution in [2.45, 2.75) is 6.92 Å². The second-order valence-electron chi connectivity index (χ2n) is 8.44. The van der Waals surface area contributed by atoms with Crippen molar-refractivity contribution < 1.29 is 4.79 Å². The van der Waals surface area contributed by atoms with E-state index < -0.39 is 0 Å². The SMILES string of the molecule is CC1=NN(c2ccccc2)C(=O)C1=Cc1cn(-c2ccccc2)nc1-c1cccc2ccccc12. The van der Waals surface area contributed by atoms with Gasteiger partial charge in [-0.25, -0.2) is 4.68 Å². The molecule has 1 aliphatic heterocycles. The maximum Gasteiger partial charge on any atom is 0.280 e. The van der Waals surface area contributed by atoms with E-state index in [9.17, 15) is 4.79 Å². The van der Waals surface area contributed by atoms with E-state index in [0.717, 1.165) is 39.0 Å². The van der Waals surface area contributed by atoms with Crippen molar-refractivity contribution in [3.63, 3.8) is 0 Å². The van der Waals surface area contributed by atoms with Crippen LogP contribution in [0, 0.1) is 0 Å². The average molecular weight is 455 g/mol. The number of amides is 1. The molecule has 1 amide bonds. The van der Waals surface area contributed by atoms with E-state index in [0.29, 0.717) is 11.3 Å². The Hall–Kier alpha value is -4.77. The molecule has 0 unspecified atom stereocenters. The molecule has 0 saturated heterocycles. The zero-order chi connectivity index (χ0) is 23.8. The van der Waals surface area contributed by atoms with E-state index in [4.69, 9.17) is 5.10 Å². The van der Waals surface area contributed by atoms with Gasteiger partial charge in [0, 0.05) is 17.3 Å². The summed E-state index contributed by atoms with van der Waals surface area (Å²) in [5, 5.41) is 13.2. The summed E-state index contributed by atoms with van der Waals surface area (Å²) in [6.07, 6.45) is 3.89. The smallest absolute Gasteiger partial charge is 0.267 e. The van der Waals surface area contributed by atoms with Crippen molar-refractivity contribution in [1.82, 2.24) is 9.78 Å². The summed E-state index contributed by atoms with van der Waals surface area (Å²) < 4.78 is 1.87. The first-order valence-corrected chi connectivity index (χ1v) is 11.5. The number of benzene rings is 4. The zero-order valence-electron chi connectivity index (χ0n) is 19.2. The quantitative estimate of drug-likeness (QED) is 0.291. The van der Waals surface area contributed by atoms with Crippen LogP contribution < -0.4 is 5.01 Å². The molecule has 168 valence electrons. The second kappa shape index (κ2) is 8.54. The summed E-state index contributed by atoms with van der Waals surface area (Å²) in [5.74, 6) is -0.148. The number of carbonyl (C=O) groups is 1. The lowest BCUT2D eigenvalue weighted by atomic mass is 9.98. The van der Waals surface area contributed by atoms with Gasteiger partial charge < -0.3 is 0 Å². The lowest BCUT2D eigenvalue weighted by Gasteiger charge is -2.11. The molecule has 35 heavy (non-hydrogen) atoms. The topological polar surface area (TPSA) is 50.5 Å². The number of anilines is 1. The largest absolute Gasteiger partial charge is 0.280 e. The monoisotopic (exact) mass is 454 g/mol. The molecule has 5 heteroatoms. The lowest BCUT2D eigenvalue weighted by Crippen LogP contribution is -2.21. The summed E-state index contributed by atoms with van der Waals surface area (Å²) in [4.78, 5) is 13.4. The Morgan fingerprint density at radius 3 is 2.17 bits per heavy atom. The lowest BCUT2D eigenvalue weighted by molar-refractivity contribution is -0.114. The van der Waals surface area contributed by atoms with Gasteiger partial charge in [0.15, 0.2) is 0 Å². The normalized spacial score (nSPS) is 14.7. The number of para-hydroxylation sites is 2. The Morgan fingerprint density at radius 1 is 0.743 bits per heavy atom. The van der Waals surface area contributed by atoms with E-state index in [-0.39, 0.29) is 5.91 Å². The zero-order valence-corrected chi connectivity index (χ0v) is 19.2. The number of aromatic nitrogens is 2. The third kappa shape index (κ3) is 3.73. The Labute approximate surface area is 203 Å². The van der Waals surface area contributed by atoms with Crippen LogP contribution in [0.15, 0.2) is 120 Å². The Kier molecular flexibility index (Phi) is 5.08. The highest BCUT2D eigenvalue weighted by Gasteiger charge is 2.29. The predicted octanol–water partition coefficient (Wildman–Crippen LogP) is 6.50. The highest BCUT2D eigenvalue weighted by Crippen LogP contribution is 2.33. The minimum absolute atomic E-state index is 0.148. The van der Waals surface area contributed by atoms with Crippen molar-refractivity contribution in [3.8, 4) is 16.9 Å². The van der Waals surface area contributed by atoms with E-state index in [1.165, 1.54) is 5.01 Å². The molecular formula is C30H22N4O. The molecule has 0 N–H and O–H groups in total. The fourth-order valence-electron chi connectivity index (χ4n) is 4.43. The van der Waals surface area contributed by atoms with Gasteiger partial charge in [-0.3, -0.25) is 4.79 Å². The summed E-state index contributed by atoms with van der Waals surface area (Å²) in [6.45, 7) is 1.87. The van der Waals surface area contributed by atoms with Gasteiger partial charge in [0.1, 0.15) is 5.69 Å². The number of nitrogens with zero attached hydrogens (tertiary/aromatic N) is 4. The van der Waals surface area contributed by atoms with Gasteiger partial charge in [-0.2, -0.15) is 15.2 Å². The first-order chi connectivity index (χ1) is 17.2. The van der Waals surface area contributed by atoms with Crippen LogP contribution in [-0.4, -0.2) is 21.4 Å².